The summed E-state index contributed by atoms with van der Waals surface area (Å²) in [5.41, 5.74) is 2.02. The molecule has 2 N–H and O–H groups in total. The summed E-state index contributed by atoms with van der Waals surface area (Å²) in [5, 5.41) is 11.7. The summed E-state index contributed by atoms with van der Waals surface area (Å²) in [6.07, 6.45) is 4.68. The number of H-pyrrole nitrogens is 1. The van der Waals surface area contributed by atoms with Crippen molar-refractivity contribution in [1.29, 1.82) is 0 Å². The lowest BCUT2D eigenvalue weighted by molar-refractivity contribution is -0.137. The zero-order valence-corrected chi connectivity index (χ0v) is 10.3. The van der Waals surface area contributed by atoms with Gasteiger partial charge < -0.3 is 10.1 Å². The first-order valence-corrected chi connectivity index (χ1v) is 6.32. The Labute approximate surface area is 103 Å². The molecule has 0 spiro atoms. The third-order valence-electron chi connectivity index (χ3n) is 2.49. The number of aromatic amines is 1. The van der Waals surface area contributed by atoms with Crippen molar-refractivity contribution >= 4 is 17.3 Å². The lowest BCUT2D eigenvalue weighted by atomic mass is 10.1. The molecule has 17 heavy (non-hydrogen) atoms. The van der Waals surface area contributed by atoms with Crippen molar-refractivity contribution in [3.8, 4) is 11.3 Å². The number of hydrogen-bond donors (Lipinski definition) is 2. The van der Waals surface area contributed by atoms with Crippen LogP contribution in [0.5, 0.6) is 0 Å². The third kappa shape index (κ3) is 3.17. The summed E-state index contributed by atoms with van der Waals surface area (Å²) >= 11 is 1.59. The lowest BCUT2D eigenvalue weighted by Gasteiger charge is -2.04. The molecule has 1 atom stereocenters. The monoisotopic (exact) mass is 250 g/mol. The Kier molecular flexibility index (Phi) is 3.58. The highest BCUT2D eigenvalue weighted by molar-refractivity contribution is 7.09. The molecule has 0 aliphatic heterocycles. The molecular formula is C12H14N2O2S. The molecule has 0 radical (unpaired) electrons. The highest BCUT2D eigenvalue weighted by atomic mass is 32.1. The van der Waals surface area contributed by atoms with E-state index < -0.39 is 5.97 Å². The average molecular weight is 250 g/mol. The molecule has 90 valence electrons. The van der Waals surface area contributed by atoms with Crippen LogP contribution in [0.2, 0.25) is 0 Å². The van der Waals surface area contributed by atoms with Gasteiger partial charge in [-0.3, -0.25) is 4.79 Å². The Morgan fingerprint density at radius 3 is 3.12 bits per heavy atom. The van der Waals surface area contributed by atoms with Gasteiger partial charge in [0, 0.05) is 36.2 Å². The van der Waals surface area contributed by atoms with Gasteiger partial charge in [-0.1, -0.05) is 6.92 Å². The second kappa shape index (κ2) is 5.14. The van der Waals surface area contributed by atoms with Crippen LogP contribution in [0.25, 0.3) is 11.3 Å². The maximum Gasteiger partial charge on any atom is 0.303 e. The lowest BCUT2D eigenvalue weighted by Crippen LogP contribution is -2.06. The minimum atomic E-state index is -0.750. The van der Waals surface area contributed by atoms with Crippen LogP contribution < -0.4 is 0 Å². The number of thiazole rings is 1. The Hall–Kier alpha value is -1.62. The van der Waals surface area contributed by atoms with E-state index in [1.54, 1.807) is 11.3 Å². The van der Waals surface area contributed by atoms with E-state index in [1.165, 1.54) is 0 Å². The molecule has 0 bridgehead atoms. The molecule has 2 aromatic rings. The molecule has 0 aliphatic rings. The molecule has 5 heteroatoms. The quantitative estimate of drug-likeness (QED) is 0.857. The first-order chi connectivity index (χ1) is 8.15. The van der Waals surface area contributed by atoms with Crippen molar-refractivity contribution in [1.82, 2.24) is 9.97 Å². The Bertz CT molecular complexity index is 490. The average Bonchev–Trinajstić information content (AvgIpc) is 2.84. The molecule has 2 aromatic heterocycles. The maximum atomic E-state index is 10.6. The van der Waals surface area contributed by atoms with E-state index in [0.717, 1.165) is 22.7 Å². The first kappa shape index (κ1) is 11.9. The highest BCUT2D eigenvalue weighted by Crippen LogP contribution is 2.23. The third-order valence-corrected chi connectivity index (χ3v) is 3.36. The number of nitrogens with one attached hydrogen (secondary N) is 1. The van der Waals surface area contributed by atoms with Gasteiger partial charge in [-0.05, 0) is 12.0 Å². The largest absolute Gasteiger partial charge is 0.481 e. The van der Waals surface area contributed by atoms with Crippen molar-refractivity contribution in [2.24, 2.45) is 5.92 Å². The van der Waals surface area contributed by atoms with Crippen LogP contribution in [0.3, 0.4) is 0 Å². The normalized spacial score (nSPS) is 12.5. The van der Waals surface area contributed by atoms with Crippen molar-refractivity contribution < 1.29 is 9.90 Å². The molecule has 4 nitrogen and oxygen atoms in total. The van der Waals surface area contributed by atoms with Gasteiger partial charge in [-0.2, -0.15) is 0 Å². The van der Waals surface area contributed by atoms with Gasteiger partial charge in [-0.25, -0.2) is 4.98 Å². The number of nitrogens with zero attached hydrogens (tertiary/aromatic N) is 1. The van der Waals surface area contributed by atoms with Crippen LogP contribution in [0.1, 0.15) is 18.4 Å². The molecule has 0 saturated heterocycles. The summed E-state index contributed by atoms with van der Waals surface area (Å²) in [6, 6.07) is 1.97. The number of rotatable bonds is 5. The molecule has 0 aromatic carbocycles. The number of carboxylic acid groups (broad SMARTS) is 1. The molecule has 0 saturated carbocycles. The maximum absolute atomic E-state index is 10.6. The summed E-state index contributed by atoms with van der Waals surface area (Å²) in [5.74, 6) is -0.627. The van der Waals surface area contributed by atoms with Gasteiger partial charge in [0.15, 0.2) is 0 Å². The van der Waals surface area contributed by atoms with E-state index in [0.29, 0.717) is 0 Å². The second-order valence-electron chi connectivity index (χ2n) is 4.13. The fraction of sp³-hybridized carbons (Fsp3) is 0.333. The van der Waals surface area contributed by atoms with Gasteiger partial charge in [0.05, 0.1) is 10.7 Å². The van der Waals surface area contributed by atoms with Gasteiger partial charge in [0.1, 0.15) is 0 Å². The van der Waals surface area contributed by atoms with Crippen molar-refractivity contribution in [3.63, 3.8) is 0 Å². The van der Waals surface area contributed by atoms with Gasteiger partial charge in [0.25, 0.3) is 0 Å². The minimum Gasteiger partial charge on any atom is -0.481 e. The predicted octanol–water partition coefficient (Wildman–Crippen LogP) is 2.79. The zero-order valence-electron chi connectivity index (χ0n) is 9.51. The van der Waals surface area contributed by atoms with E-state index in [9.17, 15) is 4.79 Å². The topological polar surface area (TPSA) is 66.0 Å². The summed E-state index contributed by atoms with van der Waals surface area (Å²) < 4.78 is 0. The Morgan fingerprint density at radius 1 is 1.65 bits per heavy atom. The molecule has 0 amide bonds. The number of carbonyl (C=O) groups is 1. The van der Waals surface area contributed by atoms with Crippen LogP contribution in [0.4, 0.5) is 0 Å². The van der Waals surface area contributed by atoms with E-state index in [1.807, 2.05) is 30.8 Å². The fourth-order valence-corrected chi connectivity index (χ4v) is 2.66. The Morgan fingerprint density at radius 2 is 2.47 bits per heavy atom. The highest BCUT2D eigenvalue weighted by Gasteiger charge is 2.11. The van der Waals surface area contributed by atoms with Crippen LogP contribution in [-0.2, 0) is 11.2 Å². The van der Waals surface area contributed by atoms with Crippen LogP contribution in [0.15, 0.2) is 23.8 Å². The molecule has 2 heterocycles. The van der Waals surface area contributed by atoms with E-state index >= 15 is 0 Å². The predicted molar refractivity (Wildman–Crippen MR) is 67.0 cm³/mol. The van der Waals surface area contributed by atoms with E-state index in [2.05, 4.69) is 9.97 Å². The zero-order chi connectivity index (χ0) is 12.3. The smallest absolute Gasteiger partial charge is 0.303 e. The summed E-state index contributed by atoms with van der Waals surface area (Å²) in [6.45, 7) is 1.94. The van der Waals surface area contributed by atoms with E-state index in [-0.39, 0.29) is 12.3 Å². The first-order valence-electron chi connectivity index (χ1n) is 5.44. The standard InChI is InChI=1S/C12H14N2O2S/c1-8(5-12(15)16)4-11-14-10(7-17-11)9-2-3-13-6-9/h2-3,6-8,13H,4-5H2,1H3,(H,15,16). The molecule has 0 aliphatic carbocycles. The summed E-state index contributed by atoms with van der Waals surface area (Å²) in [7, 11) is 0. The number of aliphatic carboxylic acids is 1. The second-order valence-corrected chi connectivity index (χ2v) is 5.08. The molecule has 1 unspecified atom stereocenters. The number of hydrogen-bond acceptors (Lipinski definition) is 3. The van der Waals surface area contributed by atoms with Crippen molar-refractivity contribution in [2.45, 2.75) is 19.8 Å². The van der Waals surface area contributed by atoms with Crippen LogP contribution in [0, 0.1) is 5.92 Å². The summed E-state index contributed by atoms with van der Waals surface area (Å²) in [4.78, 5) is 18.1. The van der Waals surface area contributed by atoms with E-state index in [4.69, 9.17) is 5.11 Å². The fourth-order valence-electron chi connectivity index (χ4n) is 1.69. The number of aromatic nitrogens is 2. The molecule has 0 fully saturated rings. The van der Waals surface area contributed by atoms with Crippen molar-refractivity contribution in [2.75, 3.05) is 0 Å². The van der Waals surface area contributed by atoms with Crippen LogP contribution >= 0.6 is 11.3 Å². The number of carboxylic acids is 1. The Balaban J connectivity index is 2.01. The van der Waals surface area contributed by atoms with Crippen molar-refractivity contribution in [3.05, 3.63) is 28.8 Å². The minimum absolute atomic E-state index is 0.123. The van der Waals surface area contributed by atoms with Gasteiger partial charge in [-0.15, -0.1) is 11.3 Å². The SMILES string of the molecule is CC(CC(=O)O)Cc1nc(-c2cc[nH]c2)cs1. The van der Waals surface area contributed by atoms with Gasteiger partial charge in [0.2, 0.25) is 0 Å². The molecule has 2 rings (SSSR count). The van der Waals surface area contributed by atoms with Crippen LogP contribution in [-0.4, -0.2) is 21.0 Å². The van der Waals surface area contributed by atoms with Gasteiger partial charge >= 0.3 is 5.97 Å². The molecular weight excluding hydrogens is 236 g/mol.